The lowest BCUT2D eigenvalue weighted by Crippen LogP contribution is -2.40. The average Bonchev–Trinajstić information content (AvgIpc) is 2.93. The lowest BCUT2D eigenvalue weighted by atomic mass is 10.1. The standard InChI is InChI=1S/C13H19N3O3/c1-8(2)11-7-9(14-15(11)3)12(17)16-6-4-5-10(16)13(18)19/h7-8,10H,4-6H2,1-3H3,(H,18,19)/t10-/m1/s1. The van der Waals surface area contributed by atoms with Gasteiger partial charge in [0.05, 0.1) is 0 Å². The number of carboxylic acid groups (broad SMARTS) is 1. The first-order valence-electron chi connectivity index (χ1n) is 6.49. The van der Waals surface area contributed by atoms with Gasteiger partial charge in [-0.15, -0.1) is 0 Å². The van der Waals surface area contributed by atoms with Crippen LogP contribution in [0.5, 0.6) is 0 Å². The average molecular weight is 265 g/mol. The van der Waals surface area contributed by atoms with E-state index in [2.05, 4.69) is 5.10 Å². The molecule has 1 aromatic heterocycles. The van der Waals surface area contributed by atoms with Crippen molar-refractivity contribution in [1.82, 2.24) is 14.7 Å². The molecule has 0 bridgehead atoms. The zero-order valence-corrected chi connectivity index (χ0v) is 11.5. The van der Waals surface area contributed by atoms with Crippen molar-refractivity contribution in [2.75, 3.05) is 6.54 Å². The first kappa shape index (κ1) is 13.6. The van der Waals surface area contributed by atoms with Crippen LogP contribution in [0.4, 0.5) is 0 Å². The van der Waals surface area contributed by atoms with Crippen molar-refractivity contribution in [3.63, 3.8) is 0 Å². The highest BCUT2D eigenvalue weighted by atomic mass is 16.4. The number of hydrogen-bond acceptors (Lipinski definition) is 3. The van der Waals surface area contributed by atoms with Crippen molar-refractivity contribution in [3.05, 3.63) is 17.5 Å². The zero-order valence-electron chi connectivity index (χ0n) is 11.5. The second kappa shape index (κ2) is 5.03. The Kier molecular flexibility index (Phi) is 3.59. The minimum atomic E-state index is -0.939. The molecule has 0 spiro atoms. The number of hydrogen-bond donors (Lipinski definition) is 1. The number of carbonyl (C=O) groups is 2. The molecule has 0 aromatic carbocycles. The fourth-order valence-electron chi connectivity index (χ4n) is 2.54. The van der Waals surface area contributed by atoms with E-state index >= 15 is 0 Å². The molecule has 0 radical (unpaired) electrons. The number of carboxylic acids is 1. The van der Waals surface area contributed by atoms with Gasteiger partial charge < -0.3 is 10.0 Å². The number of amides is 1. The molecule has 1 N–H and O–H groups in total. The number of aryl methyl sites for hydroxylation is 1. The fourth-order valence-corrected chi connectivity index (χ4v) is 2.54. The summed E-state index contributed by atoms with van der Waals surface area (Å²) in [5, 5.41) is 13.3. The molecule has 2 rings (SSSR count). The van der Waals surface area contributed by atoms with E-state index in [0.29, 0.717) is 18.7 Å². The van der Waals surface area contributed by atoms with Crippen LogP contribution in [0.15, 0.2) is 6.07 Å². The highest BCUT2D eigenvalue weighted by molar-refractivity contribution is 5.95. The smallest absolute Gasteiger partial charge is 0.326 e. The summed E-state index contributed by atoms with van der Waals surface area (Å²) in [5.74, 6) is -0.953. The van der Waals surface area contributed by atoms with E-state index in [9.17, 15) is 9.59 Å². The van der Waals surface area contributed by atoms with Gasteiger partial charge in [-0.1, -0.05) is 13.8 Å². The van der Waals surface area contributed by atoms with Crippen molar-refractivity contribution in [2.24, 2.45) is 7.05 Å². The van der Waals surface area contributed by atoms with E-state index in [1.54, 1.807) is 17.8 Å². The van der Waals surface area contributed by atoms with Crippen molar-refractivity contribution < 1.29 is 14.7 Å². The van der Waals surface area contributed by atoms with E-state index in [4.69, 9.17) is 5.11 Å². The first-order valence-corrected chi connectivity index (χ1v) is 6.49. The molecule has 6 heteroatoms. The molecule has 1 fully saturated rings. The van der Waals surface area contributed by atoms with Crippen molar-refractivity contribution in [2.45, 2.75) is 38.6 Å². The van der Waals surface area contributed by atoms with Crippen LogP contribution < -0.4 is 0 Å². The predicted octanol–water partition coefficient (Wildman–Crippen LogP) is 1.23. The van der Waals surface area contributed by atoms with Crippen LogP contribution in [0.3, 0.4) is 0 Å². The Morgan fingerprint density at radius 1 is 1.47 bits per heavy atom. The molecule has 1 aliphatic heterocycles. The van der Waals surface area contributed by atoms with Crippen molar-refractivity contribution in [1.29, 1.82) is 0 Å². The number of nitrogens with zero attached hydrogens (tertiary/aromatic N) is 3. The second-order valence-corrected chi connectivity index (χ2v) is 5.23. The minimum absolute atomic E-state index is 0.271. The molecule has 0 aliphatic carbocycles. The maximum Gasteiger partial charge on any atom is 0.326 e. The summed E-state index contributed by atoms with van der Waals surface area (Å²) < 4.78 is 1.68. The van der Waals surface area contributed by atoms with Crippen LogP contribution in [0.2, 0.25) is 0 Å². The molecule has 1 atom stereocenters. The minimum Gasteiger partial charge on any atom is -0.480 e. The molecule has 2 heterocycles. The lowest BCUT2D eigenvalue weighted by Gasteiger charge is -2.20. The van der Waals surface area contributed by atoms with Crippen LogP contribution in [0.25, 0.3) is 0 Å². The van der Waals surface area contributed by atoms with Gasteiger partial charge in [-0.3, -0.25) is 9.48 Å². The Morgan fingerprint density at radius 2 is 2.16 bits per heavy atom. The third-order valence-corrected chi connectivity index (χ3v) is 3.53. The fraction of sp³-hybridized carbons (Fsp3) is 0.615. The monoisotopic (exact) mass is 265 g/mol. The molecular weight excluding hydrogens is 246 g/mol. The van der Waals surface area contributed by atoms with Gasteiger partial charge in [-0.25, -0.2) is 4.79 Å². The first-order chi connectivity index (χ1) is 8.91. The van der Waals surface area contributed by atoms with Crippen LogP contribution in [0, 0.1) is 0 Å². The summed E-state index contributed by atoms with van der Waals surface area (Å²) >= 11 is 0. The number of aromatic nitrogens is 2. The molecule has 0 unspecified atom stereocenters. The summed E-state index contributed by atoms with van der Waals surface area (Å²) in [6, 6.07) is 1.04. The third-order valence-electron chi connectivity index (χ3n) is 3.53. The Hall–Kier alpha value is -1.85. The predicted molar refractivity (Wildman–Crippen MR) is 69.0 cm³/mol. The number of rotatable bonds is 3. The van der Waals surface area contributed by atoms with Crippen LogP contribution in [-0.4, -0.2) is 44.3 Å². The summed E-state index contributed by atoms with van der Waals surface area (Å²) in [6.45, 7) is 4.55. The van der Waals surface area contributed by atoms with Gasteiger partial charge >= 0.3 is 5.97 Å². The number of likely N-dealkylation sites (tertiary alicyclic amines) is 1. The Morgan fingerprint density at radius 3 is 2.68 bits per heavy atom. The van der Waals surface area contributed by atoms with E-state index < -0.39 is 12.0 Å². The summed E-state index contributed by atoms with van der Waals surface area (Å²) in [5.41, 5.74) is 1.30. The maximum atomic E-state index is 12.3. The summed E-state index contributed by atoms with van der Waals surface area (Å²) in [4.78, 5) is 24.9. The molecule has 6 nitrogen and oxygen atoms in total. The molecule has 0 saturated carbocycles. The van der Waals surface area contributed by atoms with E-state index in [1.807, 2.05) is 13.8 Å². The van der Waals surface area contributed by atoms with Gasteiger partial charge in [0, 0.05) is 19.3 Å². The molecule has 104 valence electrons. The Balaban J connectivity index is 2.24. The quantitative estimate of drug-likeness (QED) is 0.892. The van der Waals surface area contributed by atoms with Crippen LogP contribution >= 0.6 is 0 Å². The zero-order chi connectivity index (χ0) is 14.2. The van der Waals surface area contributed by atoms with Crippen LogP contribution in [0.1, 0.15) is 48.8 Å². The van der Waals surface area contributed by atoms with E-state index in [1.165, 1.54) is 4.90 Å². The second-order valence-electron chi connectivity index (χ2n) is 5.23. The van der Waals surface area contributed by atoms with Gasteiger partial charge in [0.15, 0.2) is 5.69 Å². The summed E-state index contributed by atoms with van der Waals surface area (Å²) in [7, 11) is 1.80. The maximum absolute atomic E-state index is 12.3. The molecule has 19 heavy (non-hydrogen) atoms. The normalized spacial score (nSPS) is 19.2. The van der Waals surface area contributed by atoms with E-state index in [-0.39, 0.29) is 11.8 Å². The molecule has 1 aliphatic rings. The lowest BCUT2D eigenvalue weighted by molar-refractivity contribution is -0.141. The Labute approximate surface area is 112 Å². The highest BCUT2D eigenvalue weighted by Gasteiger charge is 2.35. The van der Waals surface area contributed by atoms with Gasteiger partial charge in [-0.2, -0.15) is 5.10 Å². The van der Waals surface area contributed by atoms with Gasteiger partial charge in [0.2, 0.25) is 0 Å². The van der Waals surface area contributed by atoms with Crippen molar-refractivity contribution in [3.8, 4) is 0 Å². The van der Waals surface area contributed by atoms with Crippen molar-refractivity contribution >= 4 is 11.9 Å². The van der Waals surface area contributed by atoms with Gasteiger partial charge in [0.25, 0.3) is 5.91 Å². The van der Waals surface area contributed by atoms with Crippen LogP contribution in [-0.2, 0) is 11.8 Å². The molecule has 1 saturated heterocycles. The largest absolute Gasteiger partial charge is 0.480 e. The molecule has 1 amide bonds. The number of aliphatic carboxylic acids is 1. The highest BCUT2D eigenvalue weighted by Crippen LogP contribution is 2.21. The summed E-state index contributed by atoms with van der Waals surface area (Å²) in [6.07, 6.45) is 1.25. The number of carbonyl (C=O) groups excluding carboxylic acids is 1. The van der Waals surface area contributed by atoms with E-state index in [0.717, 1.165) is 12.1 Å². The van der Waals surface area contributed by atoms with Gasteiger partial charge in [-0.05, 0) is 24.8 Å². The van der Waals surface area contributed by atoms with Gasteiger partial charge in [0.1, 0.15) is 6.04 Å². The SMILES string of the molecule is CC(C)c1cc(C(=O)N2CCC[C@@H]2C(=O)O)nn1C. The molecule has 1 aromatic rings. The Bertz CT molecular complexity index is 507. The topological polar surface area (TPSA) is 75.4 Å². The third kappa shape index (κ3) is 2.47. The molecular formula is C13H19N3O3.